The fraction of sp³-hybridized carbons (Fsp3) is 0.120. The van der Waals surface area contributed by atoms with E-state index >= 15 is 0 Å². The number of fused-ring (bicyclic) bond motifs is 1. The third-order valence-electron chi connectivity index (χ3n) is 5.84. The van der Waals surface area contributed by atoms with Crippen LogP contribution < -0.4 is 15.8 Å². The van der Waals surface area contributed by atoms with Crippen molar-refractivity contribution in [3.05, 3.63) is 109 Å². The lowest BCUT2D eigenvalue weighted by molar-refractivity contribution is 0.558. The highest BCUT2D eigenvalue weighted by Crippen LogP contribution is 2.34. The molecule has 1 aromatic heterocycles. The number of nitrogens with zero attached hydrogens (tertiary/aromatic N) is 1. The van der Waals surface area contributed by atoms with Crippen LogP contribution in [0, 0.1) is 0 Å². The summed E-state index contributed by atoms with van der Waals surface area (Å²) in [7, 11) is -4.13. The third-order valence-corrected chi connectivity index (χ3v) is 8.14. The van der Waals surface area contributed by atoms with Crippen LogP contribution in [-0.4, -0.2) is 14.1 Å². The fourth-order valence-corrected chi connectivity index (χ4v) is 6.16. The minimum atomic E-state index is -4.13. The maximum absolute atomic E-state index is 13.6. The Kier molecular flexibility index (Phi) is 6.80. The Morgan fingerprint density at radius 1 is 0.972 bits per heavy atom. The summed E-state index contributed by atoms with van der Waals surface area (Å²) in [6.45, 7) is 0. The lowest BCUT2D eigenvalue weighted by atomic mass is 9.96. The second-order valence-electron chi connectivity index (χ2n) is 8.18. The van der Waals surface area contributed by atoms with Crippen LogP contribution in [0.2, 0.25) is 15.1 Å². The highest BCUT2D eigenvalue weighted by atomic mass is 35.5. The average Bonchev–Trinajstić information content (AvgIpc) is 3.33. The van der Waals surface area contributed by atoms with Gasteiger partial charge in [-0.05, 0) is 53.6 Å². The van der Waals surface area contributed by atoms with Crippen LogP contribution in [0.4, 0.5) is 0 Å². The van der Waals surface area contributed by atoms with Gasteiger partial charge < -0.3 is 9.84 Å². The summed E-state index contributed by atoms with van der Waals surface area (Å²) in [5, 5.41) is 6.06. The second-order valence-corrected chi connectivity index (χ2v) is 11.1. The van der Waals surface area contributed by atoms with Gasteiger partial charge >= 0.3 is 5.63 Å². The quantitative estimate of drug-likeness (QED) is 0.287. The Balaban J connectivity index is 1.54. The number of hydrogen-bond donors (Lipinski definition) is 2. The highest BCUT2D eigenvalue weighted by molar-refractivity contribution is 7.89. The topological polar surface area (TPSA) is 101 Å². The van der Waals surface area contributed by atoms with Gasteiger partial charge in [0.25, 0.3) is 0 Å². The molecule has 0 fully saturated rings. The van der Waals surface area contributed by atoms with E-state index in [2.05, 4.69) is 15.2 Å². The van der Waals surface area contributed by atoms with Gasteiger partial charge in [0.15, 0.2) is 0 Å². The molecule has 2 atom stereocenters. The van der Waals surface area contributed by atoms with E-state index in [1.807, 2.05) is 12.1 Å². The van der Waals surface area contributed by atoms with Crippen molar-refractivity contribution in [1.82, 2.24) is 10.1 Å². The van der Waals surface area contributed by atoms with Crippen molar-refractivity contribution in [2.45, 2.75) is 23.4 Å². The summed E-state index contributed by atoms with van der Waals surface area (Å²) in [6, 6.07) is 18.2. The number of hydrazone groups is 1. The molecule has 0 saturated carbocycles. The predicted octanol–water partition coefficient (Wildman–Crippen LogP) is 5.86. The zero-order valence-electron chi connectivity index (χ0n) is 18.4. The maximum atomic E-state index is 13.6. The van der Waals surface area contributed by atoms with Gasteiger partial charge in [0, 0.05) is 32.9 Å². The SMILES string of the molecule is O=c1ccc2c(S(=O)(=O)NC(C3=NNC(c4ccc(Cl)cc4)C3)c3ccc(Cl)cc3Cl)cccc2o1. The number of nitrogens with one attached hydrogen (secondary N) is 2. The molecule has 36 heavy (non-hydrogen) atoms. The van der Waals surface area contributed by atoms with Crippen molar-refractivity contribution >= 4 is 61.5 Å². The van der Waals surface area contributed by atoms with Crippen molar-refractivity contribution in [3.8, 4) is 0 Å². The van der Waals surface area contributed by atoms with Gasteiger partial charge in [0.05, 0.1) is 22.7 Å². The summed E-state index contributed by atoms with van der Waals surface area (Å²) in [4.78, 5) is 11.6. The standard InChI is InChI=1S/C25H18Cl3N3O4S/c26-15-6-4-14(5-7-15)20-13-21(30-29-20)25(17-9-8-16(27)12-19(17)28)31-36(33,34)23-3-1-2-22-18(23)10-11-24(32)35-22/h1-12,20,25,29,31H,13H2. The van der Waals surface area contributed by atoms with Crippen molar-refractivity contribution in [1.29, 1.82) is 0 Å². The minimum absolute atomic E-state index is 0.0420. The summed E-state index contributed by atoms with van der Waals surface area (Å²) in [5.41, 5.74) is 4.64. The molecule has 0 saturated heterocycles. The number of benzene rings is 3. The molecule has 7 nitrogen and oxygen atoms in total. The number of hydrogen-bond acceptors (Lipinski definition) is 6. The molecule has 0 bridgehead atoms. The Bertz CT molecular complexity index is 1650. The molecule has 2 unspecified atom stereocenters. The third kappa shape index (κ3) is 5.00. The molecule has 0 aliphatic carbocycles. The zero-order chi connectivity index (χ0) is 25.4. The molecular weight excluding hydrogens is 545 g/mol. The molecule has 4 aromatic rings. The molecular formula is C25H18Cl3N3O4S. The number of halogens is 3. The molecule has 1 aliphatic rings. The van der Waals surface area contributed by atoms with Gasteiger partial charge in [-0.25, -0.2) is 13.2 Å². The van der Waals surface area contributed by atoms with Crippen LogP contribution in [-0.2, 0) is 10.0 Å². The largest absolute Gasteiger partial charge is 0.423 e. The monoisotopic (exact) mass is 561 g/mol. The average molecular weight is 563 g/mol. The first-order chi connectivity index (χ1) is 17.2. The van der Waals surface area contributed by atoms with Gasteiger partial charge in [-0.1, -0.05) is 59.1 Å². The summed E-state index contributed by atoms with van der Waals surface area (Å²) < 4.78 is 35.2. The Morgan fingerprint density at radius 2 is 1.72 bits per heavy atom. The van der Waals surface area contributed by atoms with E-state index in [9.17, 15) is 13.2 Å². The molecule has 2 N–H and O–H groups in total. The molecule has 0 amide bonds. The first-order valence-corrected chi connectivity index (χ1v) is 13.4. The van der Waals surface area contributed by atoms with Gasteiger partial charge in [-0.2, -0.15) is 9.82 Å². The first kappa shape index (κ1) is 24.8. The summed E-state index contributed by atoms with van der Waals surface area (Å²) >= 11 is 18.6. The normalized spacial score (nSPS) is 16.5. The van der Waals surface area contributed by atoms with Gasteiger partial charge in [0.2, 0.25) is 10.0 Å². The molecule has 5 rings (SSSR count). The van der Waals surface area contributed by atoms with E-state index < -0.39 is 21.7 Å². The number of rotatable bonds is 6. The fourth-order valence-electron chi connectivity index (χ4n) is 4.10. The van der Waals surface area contributed by atoms with Gasteiger partial charge in [-0.15, -0.1) is 0 Å². The molecule has 11 heteroatoms. The van der Waals surface area contributed by atoms with Gasteiger partial charge in [-0.3, -0.25) is 0 Å². The first-order valence-electron chi connectivity index (χ1n) is 10.8. The lowest BCUT2D eigenvalue weighted by Crippen LogP contribution is -2.34. The van der Waals surface area contributed by atoms with E-state index in [1.165, 1.54) is 30.3 Å². The van der Waals surface area contributed by atoms with Crippen molar-refractivity contribution in [2.24, 2.45) is 5.10 Å². The van der Waals surface area contributed by atoms with Crippen LogP contribution in [0.1, 0.15) is 29.6 Å². The zero-order valence-corrected chi connectivity index (χ0v) is 21.5. The lowest BCUT2D eigenvalue weighted by Gasteiger charge is -2.21. The Morgan fingerprint density at radius 3 is 2.47 bits per heavy atom. The van der Waals surface area contributed by atoms with Crippen LogP contribution in [0.25, 0.3) is 11.0 Å². The number of sulfonamides is 1. The van der Waals surface area contributed by atoms with E-state index in [0.717, 1.165) is 5.56 Å². The second kappa shape index (κ2) is 9.88. The van der Waals surface area contributed by atoms with Crippen molar-refractivity contribution < 1.29 is 12.8 Å². The van der Waals surface area contributed by atoms with E-state index in [1.54, 1.807) is 30.3 Å². The van der Waals surface area contributed by atoms with Crippen LogP contribution in [0.15, 0.2) is 92.0 Å². The van der Waals surface area contributed by atoms with Crippen LogP contribution >= 0.6 is 34.8 Å². The minimum Gasteiger partial charge on any atom is -0.423 e. The maximum Gasteiger partial charge on any atom is 0.336 e. The summed E-state index contributed by atoms with van der Waals surface area (Å²) in [5.74, 6) is 0. The smallest absolute Gasteiger partial charge is 0.336 e. The van der Waals surface area contributed by atoms with Crippen LogP contribution in [0.5, 0.6) is 0 Å². The molecule has 3 aromatic carbocycles. The summed E-state index contributed by atoms with van der Waals surface area (Å²) in [6.07, 6.45) is 0.415. The molecule has 0 spiro atoms. The molecule has 184 valence electrons. The van der Waals surface area contributed by atoms with Gasteiger partial charge in [0.1, 0.15) is 5.58 Å². The highest BCUT2D eigenvalue weighted by Gasteiger charge is 2.33. The predicted molar refractivity (Wildman–Crippen MR) is 141 cm³/mol. The van der Waals surface area contributed by atoms with Crippen molar-refractivity contribution in [2.75, 3.05) is 0 Å². The Hall–Kier alpha value is -2.88. The molecule has 2 heterocycles. The molecule has 0 radical (unpaired) electrons. The van der Waals surface area contributed by atoms with E-state index in [4.69, 9.17) is 39.2 Å². The Labute approximate surface area is 221 Å². The van der Waals surface area contributed by atoms with E-state index in [0.29, 0.717) is 27.7 Å². The molecule has 1 aliphatic heterocycles. The van der Waals surface area contributed by atoms with Crippen molar-refractivity contribution in [3.63, 3.8) is 0 Å². The van der Waals surface area contributed by atoms with Crippen LogP contribution in [0.3, 0.4) is 0 Å². The van der Waals surface area contributed by atoms with E-state index in [-0.39, 0.29) is 26.9 Å².